The van der Waals surface area contributed by atoms with E-state index in [1.165, 1.54) is 11.3 Å². The molecule has 0 atom stereocenters. The van der Waals surface area contributed by atoms with Crippen molar-refractivity contribution in [2.24, 2.45) is 0 Å². The molecule has 0 saturated heterocycles. The number of methoxy groups -OCH3 is 1. The third-order valence-corrected chi connectivity index (χ3v) is 2.69. The average Bonchev–Trinajstić information content (AvgIpc) is 2.73. The van der Waals surface area contributed by atoms with Gasteiger partial charge in [0, 0.05) is 0 Å². The Balaban J connectivity index is 2.16. The summed E-state index contributed by atoms with van der Waals surface area (Å²) in [6.07, 6.45) is 3.82. The minimum absolute atomic E-state index is 0.477. The van der Waals surface area contributed by atoms with Crippen LogP contribution in [0.25, 0.3) is 12.2 Å². The van der Waals surface area contributed by atoms with Gasteiger partial charge in [0.1, 0.15) is 10.8 Å². The van der Waals surface area contributed by atoms with E-state index in [-0.39, 0.29) is 0 Å². The summed E-state index contributed by atoms with van der Waals surface area (Å²) in [6.45, 7) is 0. The van der Waals surface area contributed by atoms with E-state index in [1.54, 1.807) is 7.11 Å². The molecule has 0 spiro atoms. The highest BCUT2D eigenvalue weighted by molar-refractivity contribution is 7.15. The van der Waals surface area contributed by atoms with Crippen molar-refractivity contribution in [3.05, 3.63) is 34.8 Å². The summed E-state index contributed by atoms with van der Waals surface area (Å²) in [6, 6.07) is 7.78. The van der Waals surface area contributed by atoms with Crippen LogP contribution in [0.2, 0.25) is 0 Å². The van der Waals surface area contributed by atoms with Crippen LogP contribution >= 0.6 is 11.3 Å². The Kier molecular flexibility index (Phi) is 3.16. The van der Waals surface area contributed by atoms with Crippen molar-refractivity contribution >= 4 is 28.6 Å². The molecule has 0 saturated carbocycles. The molecule has 82 valence electrons. The molecule has 0 radical (unpaired) electrons. The molecule has 0 aliphatic carbocycles. The van der Waals surface area contributed by atoms with E-state index in [1.807, 2.05) is 36.4 Å². The molecule has 0 aliphatic heterocycles. The lowest BCUT2D eigenvalue weighted by molar-refractivity contribution is 0.414. The minimum atomic E-state index is 0.477. The third kappa shape index (κ3) is 2.58. The summed E-state index contributed by atoms with van der Waals surface area (Å²) in [5, 5.41) is 8.90. The van der Waals surface area contributed by atoms with Crippen molar-refractivity contribution in [3.8, 4) is 5.75 Å². The standard InChI is InChI=1S/C11H11N3OS/c1-15-9-4-2-3-8(7-9)5-6-10-13-14-11(12)16-10/h2-7H,1H3,(H2,12,14)/b6-5+. The van der Waals surface area contributed by atoms with E-state index in [4.69, 9.17) is 10.5 Å². The van der Waals surface area contributed by atoms with E-state index in [0.717, 1.165) is 16.3 Å². The highest BCUT2D eigenvalue weighted by atomic mass is 32.1. The second kappa shape index (κ2) is 4.76. The van der Waals surface area contributed by atoms with Crippen LogP contribution in [0.5, 0.6) is 5.75 Å². The number of benzene rings is 1. The van der Waals surface area contributed by atoms with E-state index in [2.05, 4.69) is 10.2 Å². The van der Waals surface area contributed by atoms with Crippen LogP contribution in [0.3, 0.4) is 0 Å². The summed E-state index contributed by atoms with van der Waals surface area (Å²) in [5.41, 5.74) is 6.53. The van der Waals surface area contributed by atoms with Crippen LogP contribution in [0.15, 0.2) is 24.3 Å². The molecule has 2 N–H and O–H groups in total. The molecule has 1 aromatic carbocycles. The van der Waals surface area contributed by atoms with Crippen molar-refractivity contribution in [1.82, 2.24) is 10.2 Å². The number of hydrogen-bond acceptors (Lipinski definition) is 5. The van der Waals surface area contributed by atoms with Crippen molar-refractivity contribution in [1.29, 1.82) is 0 Å². The maximum absolute atomic E-state index is 5.48. The number of nitrogen functional groups attached to an aromatic ring is 1. The second-order valence-corrected chi connectivity index (χ2v) is 4.13. The molecule has 16 heavy (non-hydrogen) atoms. The molecule has 0 aliphatic rings. The van der Waals surface area contributed by atoms with Gasteiger partial charge in [-0.1, -0.05) is 29.5 Å². The first-order chi connectivity index (χ1) is 7.78. The maximum atomic E-state index is 5.48. The van der Waals surface area contributed by atoms with Crippen LogP contribution in [0.1, 0.15) is 10.6 Å². The predicted octanol–water partition coefficient (Wildman–Crippen LogP) is 2.30. The molecule has 4 nitrogen and oxygen atoms in total. The number of hydrogen-bond donors (Lipinski definition) is 1. The number of rotatable bonds is 3. The first kappa shape index (κ1) is 10.6. The predicted molar refractivity (Wildman–Crippen MR) is 66.2 cm³/mol. The smallest absolute Gasteiger partial charge is 0.203 e. The molecule has 0 amide bonds. The highest BCUT2D eigenvalue weighted by Gasteiger charge is 1.96. The molecule has 2 aromatic rings. The monoisotopic (exact) mass is 233 g/mol. The van der Waals surface area contributed by atoms with Gasteiger partial charge in [-0.25, -0.2) is 0 Å². The summed E-state index contributed by atoms with van der Waals surface area (Å²) >= 11 is 1.35. The summed E-state index contributed by atoms with van der Waals surface area (Å²) in [4.78, 5) is 0. The highest BCUT2D eigenvalue weighted by Crippen LogP contribution is 2.17. The SMILES string of the molecule is COc1cccc(/C=C/c2nnc(N)s2)c1. The third-order valence-electron chi connectivity index (χ3n) is 1.97. The van der Waals surface area contributed by atoms with E-state index < -0.39 is 0 Å². The van der Waals surface area contributed by atoms with Gasteiger partial charge < -0.3 is 10.5 Å². The van der Waals surface area contributed by atoms with Crippen LogP contribution in [-0.2, 0) is 0 Å². The van der Waals surface area contributed by atoms with Gasteiger partial charge in [0.25, 0.3) is 0 Å². The first-order valence-electron chi connectivity index (χ1n) is 4.69. The van der Waals surface area contributed by atoms with Gasteiger partial charge in [0.2, 0.25) is 5.13 Å². The Hall–Kier alpha value is -1.88. The van der Waals surface area contributed by atoms with Crippen molar-refractivity contribution in [2.45, 2.75) is 0 Å². The maximum Gasteiger partial charge on any atom is 0.203 e. The van der Waals surface area contributed by atoms with Gasteiger partial charge in [-0.05, 0) is 23.8 Å². The van der Waals surface area contributed by atoms with Crippen LogP contribution in [-0.4, -0.2) is 17.3 Å². The van der Waals surface area contributed by atoms with Crippen LogP contribution in [0, 0.1) is 0 Å². The molecule has 0 unspecified atom stereocenters. The van der Waals surface area contributed by atoms with Gasteiger partial charge >= 0.3 is 0 Å². The fourth-order valence-electron chi connectivity index (χ4n) is 1.23. The molecule has 1 aromatic heterocycles. The van der Waals surface area contributed by atoms with Gasteiger partial charge in [-0.3, -0.25) is 0 Å². The quantitative estimate of drug-likeness (QED) is 0.883. The zero-order valence-corrected chi connectivity index (χ0v) is 9.57. The lowest BCUT2D eigenvalue weighted by atomic mass is 10.2. The minimum Gasteiger partial charge on any atom is -0.497 e. The van der Waals surface area contributed by atoms with Gasteiger partial charge in [-0.15, -0.1) is 10.2 Å². The summed E-state index contributed by atoms with van der Waals surface area (Å²) in [5.74, 6) is 0.832. The molecular weight excluding hydrogens is 222 g/mol. The van der Waals surface area contributed by atoms with Crippen molar-refractivity contribution < 1.29 is 4.74 Å². The van der Waals surface area contributed by atoms with Crippen LogP contribution in [0.4, 0.5) is 5.13 Å². The Bertz CT molecular complexity index is 507. The van der Waals surface area contributed by atoms with Gasteiger partial charge in [0.15, 0.2) is 0 Å². The molecule has 5 heteroatoms. The topological polar surface area (TPSA) is 61.0 Å². The molecule has 0 bridgehead atoms. The normalized spacial score (nSPS) is 10.8. The fourth-order valence-corrected chi connectivity index (χ4v) is 1.74. The lowest BCUT2D eigenvalue weighted by Crippen LogP contribution is -1.82. The molecule has 2 rings (SSSR count). The van der Waals surface area contributed by atoms with E-state index in [9.17, 15) is 0 Å². The molecule has 0 fully saturated rings. The number of nitrogens with two attached hydrogens (primary N) is 1. The van der Waals surface area contributed by atoms with Crippen molar-refractivity contribution in [2.75, 3.05) is 12.8 Å². The van der Waals surface area contributed by atoms with E-state index in [0.29, 0.717) is 5.13 Å². The van der Waals surface area contributed by atoms with E-state index >= 15 is 0 Å². The molecular formula is C11H11N3OS. The molecule has 1 heterocycles. The number of ether oxygens (including phenoxy) is 1. The first-order valence-corrected chi connectivity index (χ1v) is 5.51. The lowest BCUT2D eigenvalue weighted by Gasteiger charge is -1.99. The van der Waals surface area contributed by atoms with Crippen molar-refractivity contribution in [3.63, 3.8) is 0 Å². The Morgan fingerprint density at radius 1 is 1.31 bits per heavy atom. The summed E-state index contributed by atoms with van der Waals surface area (Å²) < 4.78 is 5.13. The average molecular weight is 233 g/mol. The number of anilines is 1. The Morgan fingerprint density at radius 2 is 2.19 bits per heavy atom. The zero-order chi connectivity index (χ0) is 11.4. The number of nitrogens with zero attached hydrogens (tertiary/aromatic N) is 2. The number of aromatic nitrogens is 2. The Morgan fingerprint density at radius 3 is 2.88 bits per heavy atom. The fraction of sp³-hybridized carbons (Fsp3) is 0.0909. The summed E-state index contributed by atoms with van der Waals surface area (Å²) in [7, 11) is 1.65. The zero-order valence-electron chi connectivity index (χ0n) is 8.75. The van der Waals surface area contributed by atoms with Gasteiger partial charge in [0.05, 0.1) is 7.11 Å². The Labute approximate surface area is 97.4 Å². The second-order valence-electron chi connectivity index (χ2n) is 3.09. The largest absolute Gasteiger partial charge is 0.497 e. The van der Waals surface area contributed by atoms with Gasteiger partial charge in [-0.2, -0.15) is 0 Å². The van der Waals surface area contributed by atoms with Crippen LogP contribution < -0.4 is 10.5 Å².